The van der Waals surface area contributed by atoms with E-state index in [1.54, 1.807) is 6.07 Å². The van der Waals surface area contributed by atoms with Gasteiger partial charge >= 0.3 is 0 Å². The largest absolute Gasteiger partial charge is 0.392 e. The minimum atomic E-state index is -0.269. The van der Waals surface area contributed by atoms with E-state index in [-0.39, 0.29) is 11.9 Å². The minimum absolute atomic E-state index is 0.203. The van der Waals surface area contributed by atoms with Crippen LogP contribution in [0.2, 0.25) is 0 Å². The lowest BCUT2D eigenvalue weighted by Crippen LogP contribution is -2.49. The maximum Gasteiger partial charge on any atom is 0.161 e. The zero-order valence-electron chi connectivity index (χ0n) is 20.3. The molecule has 1 aliphatic rings. The van der Waals surface area contributed by atoms with Crippen LogP contribution in [0.4, 0.5) is 10.2 Å². The van der Waals surface area contributed by atoms with Gasteiger partial charge in [0.15, 0.2) is 5.82 Å². The molecule has 1 atom stereocenters. The standard InChI is InChI=1S/C28H35FN4O/c1-3-4-13-24(34)20-32-15-17-33(18-16-32)28-25(19-23-12-8-9-14-26(23)29)21(2)30-27(31-28)22-10-6-5-7-11-22/h5-12,14,24,34H,3-4,13,15-20H2,1-2H3/t24-/m0/s1. The number of piperazine rings is 1. The van der Waals surface area contributed by atoms with Crippen molar-refractivity contribution >= 4 is 5.82 Å². The summed E-state index contributed by atoms with van der Waals surface area (Å²) in [4.78, 5) is 14.4. The van der Waals surface area contributed by atoms with Gasteiger partial charge < -0.3 is 10.0 Å². The lowest BCUT2D eigenvalue weighted by Gasteiger charge is -2.37. The Bertz CT molecular complexity index is 1070. The van der Waals surface area contributed by atoms with Crippen LogP contribution < -0.4 is 4.90 Å². The summed E-state index contributed by atoms with van der Waals surface area (Å²) in [5.74, 6) is 1.38. The van der Waals surface area contributed by atoms with Crippen LogP contribution in [0.3, 0.4) is 0 Å². The topological polar surface area (TPSA) is 52.5 Å². The summed E-state index contributed by atoms with van der Waals surface area (Å²) in [6, 6.07) is 16.9. The summed E-state index contributed by atoms with van der Waals surface area (Å²) < 4.78 is 14.5. The SMILES string of the molecule is CCCC[C@H](O)CN1CCN(c2nc(-c3ccccc3)nc(C)c2Cc2ccccc2F)CC1. The number of β-amino-alcohol motifs (C(OH)–C–C–N with tert-alkyl or cyclic N) is 1. The Hall–Kier alpha value is -2.83. The summed E-state index contributed by atoms with van der Waals surface area (Å²) in [5, 5.41) is 10.3. The highest BCUT2D eigenvalue weighted by Crippen LogP contribution is 2.29. The first-order valence-electron chi connectivity index (χ1n) is 12.4. The molecule has 0 spiro atoms. The van der Waals surface area contributed by atoms with E-state index >= 15 is 0 Å². The number of hydrogen-bond acceptors (Lipinski definition) is 5. The molecule has 1 N–H and O–H groups in total. The number of halogens is 1. The van der Waals surface area contributed by atoms with Crippen molar-refractivity contribution < 1.29 is 9.50 Å². The molecule has 1 fully saturated rings. The van der Waals surface area contributed by atoms with Crippen molar-refractivity contribution in [1.82, 2.24) is 14.9 Å². The van der Waals surface area contributed by atoms with Gasteiger partial charge in [-0.05, 0) is 25.0 Å². The van der Waals surface area contributed by atoms with Gasteiger partial charge in [0.2, 0.25) is 0 Å². The molecule has 0 saturated carbocycles. The fourth-order valence-electron chi connectivity index (χ4n) is 4.57. The first kappa shape index (κ1) is 24.3. The van der Waals surface area contributed by atoms with Crippen molar-refractivity contribution in [3.05, 3.63) is 77.2 Å². The number of aliphatic hydroxyl groups is 1. The predicted octanol–water partition coefficient (Wildman–Crippen LogP) is 4.86. The van der Waals surface area contributed by atoms with Gasteiger partial charge in [0, 0.05) is 56.0 Å². The number of aromatic nitrogens is 2. The van der Waals surface area contributed by atoms with Gasteiger partial charge in [-0.25, -0.2) is 14.4 Å². The first-order valence-corrected chi connectivity index (χ1v) is 12.4. The van der Waals surface area contributed by atoms with E-state index in [4.69, 9.17) is 9.97 Å². The second kappa shape index (κ2) is 11.5. The third-order valence-corrected chi connectivity index (χ3v) is 6.58. The maximum absolute atomic E-state index is 14.5. The molecular formula is C28H35FN4O. The Morgan fingerprint density at radius 3 is 2.38 bits per heavy atom. The summed E-state index contributed by atoms with van der Waals surface area (Å²) in [6.45, 7) is 8.23. The van der Waals surface area contributed by atoms with Gasteiger partial charge in [0.05, 0.1) is 6.10 Å². The van der Waals surface area contributed by atoms with Crippen molar-refractivity contribution in [1.29, 1.82) is 0 Å². The molecule has 0 amide bonds. The smallest absolute Gasteiger partial charge is 0.161 e. The molecule has 1 aliphatic heterocycles. The number of aliphatic hydroxyl groups excluding tert-OH is 1. The number of hydrogen-bond donors (Lipinski definition) is 1. The van der Waals surface area contributed by atoms with Crippen LogP contribution in [-0.2, 0) is 6.42 Å². The van der Waals surface area contributed by atoms with Crippen molar-refractivity contribution in [3.8, 4) is 11.4 Å². The molecule has 0 bridgehead atoms. The molecule has 0 aliphatic carbocycles. The van der Waals surface area contributed by atoms with Gasteiger partial charge in [0.1, 0.15) is 11.6 Å². The zero-order chi connectivity index (χ0) is 23.9. The number of aryl methyl sites for hydroxylation is 1. The van der Waals surface area contributed by atoms with E-state index in [1.165, 1.54) is 6.07 Å². The second-order valence-electron chi connectivity index (χ2n) is 9.15. The normalized spacial score (nSPS) is 15.5. The fourth-order valence-corrected chi connectivity index (χ4v) is 4.57. The molecule has 2 aromatic carbocycles. The number of anilines is 1. The average molecular weight is 463 g/mol. The van der Waals surface area contributed by atoms with Gasteiger partial charge in [-0.1, -0.05) is 68.3 Å². The lowest BCUT2D eigenvalue weighted by molar-refractivity contribution is 0.100. The Balaban J connectivity index is 1.59. The third kappa shape index (κ3) is 5.99. The van der Waals surface area contributed by atoms with Crippen molar-refractivity contribution in [3.63, 3.8) is 0 Å². The van der Waals surface area contributed by atoms with E-state index in [0.717, 1.165) is 68.1 Å². The molecule has 0 unspecified atom stereocenters. The van der Waals surface area contributed by atoms with Crippen LogP contribution >= 0.6 is 0 Å². The summed E-state index contributed by atoms with van der Waals surface area (Å²) in [5.41, 5.74) is 3.48. The monoisotopic (exact) mass is 462 g/mol. The van der Waals surface area contributed by atoms with Crippen LogP contribution in [0.25, 0.3) is 11.4 Å². The molecular weight excluding hydrogens is 427 g/mol. The summed E-state index contributed by atoms with van der Waals surface area (Å²) >= 11 is 0. The van der Waals surface area contributed by atoms with E-state index < -0.39 is 0 Å². The Morgan fingerprint density at radius 1 is 0.971 bits per heavy atom. The quantitative estimate of drug-likeness (QED) is 0.492. The lowest BCUT2D eigenvalue weighted by atomic mass is 10.0. The molecule has 34 heavy (non-hydrogen) atoms. The molecule has 2 heterocycles. The van der Waals surface area contributed by atoms with Crippen molar-refractivity contribution in [2.75, 3.05) is 37.6 Å². The highest BCUT2D eigenvalue weighted by molar-refractivity contribution is 5.61. The Morgan fingerprint density at radius 2 is 1.68 bits per heavy atom. The van der Waals surface area contributed by atoms with E-state index in [9.17, 15) is 9.50 Å². The molecule has 3 aromatic rings. The first-order chi connectivity index (χ1) is 16.5. The Labute approximate surface area is 202 Å². The number of nitrogens with zero attached hydrogens (tertiary/aromatic N) is 4. The van der Waals surface area contributed by atoms with Crippen LogP contribution in [0.15, 0.2) is 54.6 Å². The highest BCUT2D eigenvalue weighted by Gasteiger charge is 2.24. The van der Waals surface area contributed by atoms with Gasteiger partial charge in [0.25, 0.3) is 0 Å². The molecule has 4 rings (SSSR count). The molecule has 0 radical (unpaired) electrons. The average Bonchev–Trinajstić information content (AvgIpc) is 2.86. The summed E-state index contributed by atoms with van der Waals surface area (Å²) in [7, 11) is 0. The zero-order valence-corrected chi connectivity index (χ0v) is 20.3. The van der Waals surface area contributed by atoms with Gasteiger partial charge in [-0.3, -0.25) is 4.90 Å². The molecule has 6 heteroatoms. The third-order valence-electron chi connectivity index (χ3n) is 6.58. The number of rotatable bonds is 9. The minimum Gasteiger partial charge on any atom is -0.392 e. The second-order valence-corrected chi connectivity index (χ2v) is 9.15. The van der Waals surface area contributed by atoms with Crippen LogP contribution in [0.5, 0.6) is 0 Å². The Kier molecular flexibility index (Phi) is 8.25. The maximum atomic E-state index is 14.5. The van der Waals surface area contributed by atoms with Crippen molar-refractivity contribution in [2.45, 2.75) is 45.6 Å². The van der Waals surface area contributed by atoms with Gasteiger partial charge in [-0.15, -0.1) is 0 Å². The van der Waals surface area contributed by atoms with Crippen molar-refractivity contribution in [2.24, 2.45) is 0 Å². The predicted molar refractivity (Wildman–Crippen MR) is 136 cm³/mol. The number of unbranched alkanes of at least 4 members (excludes halogenated alkanes) is 1. The fraction of sp³-hybridized carbons (Fsp3) is 0.429. The van der Waals surface area contributed by atoms with E-state index in [2.05, 4.69) is 16.7 Å². The van der Waals surface area contributed by atoms with E-state index in [0.29, 0.717) is 24.4 Å². The highest BCUT2D eigenvalue weighted by atomic mass is 19.1. The van der Waals surface area contributed by atoms with E-state index in [1.807, 2.05) is 49.4 Å². The number of benzene rings is 2. The molecule has 1 saturated heterocycles. The van der Waals surface area contributed by atoms with Crippen LogP contribution in [0, 0.1) is 12.7 Å². The summed E-state index contributed by atoms with van der Waals surface area (Å²) in [6.07, 6.45) is 3.21. The van der Waals surface area contributed by atoms with Crippen LogP contribution in [0.1, 0.15) is 43.0 Å². The molecule has 1 aromatic heterocycles. The molecule has 5 nitrogen and oxygen atoms in total. The van der Waals surface area contributed by atoms with Gasteiger partial charge in [-0.2, -0.15) is 0 Å². The van der Waals surface area contributed by atoms with Crippen LogP contribution in [-0.4, -0.2) is 58.8 Å². The molecule has 180 valence electrons.